The van der Waals surface area contributed by atoms with Crippen LogP contribution in [0, 0.1) is 22.7 Å². The van der Waals surface area contributed by atoms with Gasteiger partial charge in [-0.1, -0.05) is 12.1 Å². The zero-order valence-electron chi connectivity index (χ0n) is 18.3. The van der Waals surface area contributed by atoms with Gasteiger partial charge in [-0.2, -0.15) is 10.5 Å². The first-order chi connectivity index (χ1) is 14.8. The van der Waals surface area contributed by atoms with E-state index in [1.807, 2.05) is 12.1 Å². The van der Waals surface area contributed by atoms with Crippen LogP contribution in [0.1, 0.15) is 39.1 Å². The molecule has 0 atom stereocenters. The van der Waals surface area contributed by atoms with Crippen LogP contribution in [-0.4, -0.2) is 33.8 Å². The molecular formula is C20H20Cu2N4O8. The number of aromatic nitrogens is 2. The number of rotatable bonds is 0. The Kier molecular flexibility index (Phi) is 43.7. The molecule has 0 N–H and O–H groups in total. The maximum atomic E-state index is 8.89. The van der Waals surface area contributed by atoms with Crippen molar-refractivity contribution in [3.05, 3.63) is 60.2 Å². The molecule has 0 aromatic carbocycles. The average molecular weight is 571 g/mol. The van der Waals surface area contributed by atoms with Crippen LogP contribution in [0.25, 0.3) is 0 Å². The fourth-order valence-electron chi connectivity index (χ4n) is 0.858. The topological polar surface area (TPSA) is 234 Å². The molecule has 0 spiro atoms. The van der Waals surface area contributed by atoms with Crippen molar-refractivity contribution < 1.29 is 73.7 Å². The predicted molar refractivity (Wildman–Crippen MR) is 101 cm³/mol. The Balaban J connectivity index is -0.0000000711. The Hall–Kier alpha value is -3.80. The summed E-state index contributed by atoms with van der Waals surface area (Å²) in [5, 5.41) is 52.0. The molecule has 2 heterocycles. The van der Waals surface area contributed by atoms with Crippen LogP contribution >= 0.6 is 0 Å². The largest absolute Gasteiger partial charge is 2.00 e. The number of carbonyl (C=O) groups excluding carboxylic acids is 4. The van der Waals surface area contributed by atoms with Crippen molar-refractivity contribution in [3.8, 4) is 12.1 Å². The van der Waals surface area contributed by atoms with E-state index in [0.29, 0.717) is 11.4 Å². The van der Waals surface area contributed by atoms with Crippen LogP contribution in [0.5, 0.6) is 0 Å². The first-order valence-corrected chi connectivity index (χ1v) is 8.12. The van der Waals surface area contributed by atoms with Crippen molar-refractivity contribution in [1.82, 2.24) is 9.97 Å². The van der Waals surface area contributed by atoms with Gasteiger partial charge in [-0.25, -0.2) is 9.97 Å². The molecule has 0 amide bonds. The van der Waals surface area contributed by atoms with Crippen LogP contribution in [0.15, 0.2) is 48.8 Å². The van der Waals surface area contributed by atoms with Crippen LogP contribution < -0.4 is 20.4 Å². The summed E-state index contributed by atoms with van der Waals surface area (Å²) in [7, 11) is 0. The summed E-state index contributed by atoms with van der Waals surface area (Å²) in [6, 6.07) is 14.3. The van der Waals surface area contributed by atoms with Crippen molar-refractivity contribution >= 4 is 23.9 Å². The van der Waals surface area contributed by atoms with Gasteiger partial charge in [0.15, 0.2) is 0 Å². The summed E-state index contributed by atoms with van der Waals surface area (Å²) in [5.41, 5.74) is 0.931. The number of hydrogen-bond donors (Lipinski definition) is 0. The minimum Gasteiger partial charge on any atom is -0.550 e. The fourth-order valence-corrected chi connectivity index (χ4v) is 0.858. The molecule has 0 saturated carbocycles. The van der Waals surface area contributed by atoms with E-state index in [4.69, 9.17) is 50.1 Å². The number of carboxylic acid groups (broad SMARTS) is 4. The van der Waals surface area contributed by atoms with E-state index in [-0.39, 0.29) is 34.1 Å². The number of carboxylic acids is 4. The molecule has 34 heavy (non-hydrogen) atoms. The van der Waals surface area contributed by atoms with Crippen LogP contribution in [-0.2, 0) is 53.3 Å². The normalized spacial score (nSPS) is 6.65. The molecule has 0 aliphatic heterocycles. The third-order valence-electron chi connectivity index (χ3n) is 1.56. The number of carbonyl (C=O) groups is 4. The second kappa shape index (κ2) is 33.8. The Morgan fingerprint density at radius 2 is 0.824 bits per heavy atom. The van der Waals surface area contributed by atoms with E-state index in [9.17, 15) is 0 Å². The molecule has 14 heteroatoms. The van der Waals surface area contributed by atoms with Gasteiger partial charge in [-0.05, 0) is 52.0 Å². The van der Waals surface area contributed by atoms with Crippen molar-refractivity contribution in [1.29, 1.82) is 10.5 Å². The summed E-state index contributed by atoms with van der Waals surface area (Å²) in [4.78, 5) is 43.0. The summed E-state index contributed by atoms with van der Waals surface area (Å²) < 4.78 is 0. The van der Waals surface area contributed by atoms with E-state index in [2.05, 4.69) is 9.97 Å². The zero-order chi connectivity index (χ0) is 25.9. The Bertz CT molecular complexity index is 758. The minimum absolute atomic E-state index is 0. The van der Waals surface area contributed by atoms with Crippen LogP contribution in [0.4, 0.5) is 0 Å². The van der Waals surface area contributed by atoms with Gasteiger partial charge in [0.25, 0.3) is 0 Å². The van der Waals surface area contributed by atoms with Gasteiger partial charge < -0.3 is 39.6 Å². The second-order valence-electron chi connectivity index (χ2n) is 4.62. The first kappa shape index (κ1) is 44.0. The van der Waals surface area contributed by atoms with Crippen LogP contribution in [0.2, 0.25) is 0 Å². The molecule has 0 aliphatic rings. The second-order valence-corrected chi connectivity index (χ2v) is 4.62. The summed E-state index contributed by atoms with van der Waals surface area (Å²) in [6.45, 7) is 3.89. The smallest absolute Gasteiger partial charge is 0.550 e. The van der Waals surface area contributed by atoms with Crippen LogP contribution in [0.3, 0.4) is 0 Å². The molecule has 2 rings (SSSR count). The summed E-state index contributed by atoms with van der Waals surface area (Å²) in [6.07, 6.45) is 3.19. The fraction of sp³-hybridized carbons (Fsp3) is 0.200. The number of hydrogen-bond acceptors (Lipinski definition) is 12. The molecule has 0 fully saturated rings. The van der Waals surface area contributed by atoms with E-state index in [1.54, 1.807) is 48.8 Å². The van der Waals surface area contributed by atoms with Gasteiger partial charge in [0.1, 0.15) is 23.5 Å². The van der Waals surface area contributed by atoms with Crippen molar-refractivity contribution in [2.75, 3.05) is 0 Å². The van der Waals surface area contributed by atoms with Crippen molar-refractivity contribution in [2.45, 2.75) is 27.7 Å². The van der Waals surface area contributed by atoms with Gasteiger partial charge in [0.2, 0.25) is 0 Å². The SMILES string of the molecule is CC(=O)[O-].CC(=O)[O-].CC(=O)[O-].CC(=O)[O-].N#Cc1ccccn1.N#Cc1ccccn1.[Cu+2].[Cu+2]. The summed E-state index contributed by atoms with van der Waals surface area (Å²) >= 11 is 0. The molecule has 2 radical (unpaired) electrons. The van der Waals surface area contributed by atoms with Crippen molar-refractivity contribution in [3.63, 3.8) is 0 Å². The van der Waals surface area contributed by atoms with Gasteiger partial charge in [-0.3, -0.25) is 0 Å². The van der Waals surface area contributed by atoms with Gasteiger partial charge in [0, 0.05) is 36.3 Å². The summed E-state index contributed by atoms with van der Waals surface area (Å²) in [5.74, 6) is -4.33. The average Bonchev–Trinajstić information content (AvgIpc) is 2.68. The number of nitrogens with zero attached hydrogens (tertiary/aromatic N) is 4. The predicted octanol–water partition coefficient (Wildman–Crippen LogP) is -3.07. The molecular weight excluding hydrogens is 551 g/mol. The maximum Gasteiger partial charge on any atom is 2.00 e. The molecule has 0 bridgehead atoms. The number of nitriles is 2. The monoisotopic (exact) mass is 570 g/mol. The molecule has 190 valence electrons. The number of pyridine rings is 2. The molecule has 2 aromatic rings. The standard InChI is InChI=1S/2C6H4N2.4C2H4O2.2Cu/c2*7-5-6-3-1-2-4-8-6;4*1-2(3)4;;/h2*1-4H;4*1H3,(H,3,4);;/q;;;;;;2*+2/p-4. The van der Waals surface area contributed by atoms with Crippen molar-refractivity contribution in [2.24, 2.45) is 0 Å². The molecule has 0 saturated heterocycles. The van der Waals surface area contributed by atoms with E-state index in [0.717, 1.165) is 27.7 Å². The Morgan fingerprint density at radius 1 is 0.618 bits per heavy atom. The number of aliphatic carboxylic acids is 4. The van der Waals surface area contributed by atoms with Gasteiger partial charge in [-0.15, -0.1) is 0 Å². The van der Waals surface area contributed by atoms with E-state index in [1.165, 1.54) is 0 Å². The zero-order valence-corrected chi connectivity index (χ0v) is 20.2. The first-order valence-electron chi connectivity index (χ1n) is 8.12. The quantitative estimate of drug-likeness (QED) is 0.286. The molecule has 0 unspecified atom stereocenters. The Morgan fingerprint density at radius 3 is 0.912 bits per heavy atom. The maximum absolute atomic E-state index is 8.89. The van der Waals surface area contributed by atoms with E-state index >= 15 is 0 Å². The third kappa shape index (κ3) is 79.5. The van der Waals surface area contributed by atoms with Gasteiger partial charge in [0.05, 0.1) is 0 Å². The van der Waals surface area contributed by atoms with Gasteiger partial charge >= 0.3 is 34.1 Å². The third-order valence-corrected chi connectivity index (χ3v) is 1.56. The Labute approximate surface area is 217 Å². The minimum atomic E-state index is -1.08. The molecule has 2 aromatic heterocycles. The van der Waals surface area contributed by atoms with E-state index < -0.39 is 23.9 Å². The molecule has 0 aliphatic carbocycles. The molecule has 12 nitrogen and oxygen atoms in total.